The molecule has 2 aromatic rings. The molecule has 13 heteroatoms. The van der Waals surface area contributed by atoms with Crippen LogP contribution in [0.5, 0.6) is 11.6 Å². The highest BCUT2D eigenvalue weighted by Crippen LogP contribution is 2.35. The number of aromatic nitrogens is 1. The number of carbonyl (C=O) groups is 4. The van der Waals surface area contributed by atoms with E-state index in [4.69, 9.17) is 9.47 Å². The molecule has 0 spiro atoms. The summed E-state index contributed by atoms with van der Waals surface area (Å²) in [5.74, 6) is -0.0551. The maximum absolute atomic E-state index is 14.5. The number of amides is 5. The zero-order valence-electron chi connectivity index (χ0n) is 30.4. The van der Waals surface area contributed by atoms with Crippen molar-refractivity contribution in [2.75, 3.05) is 13.2 Å². The van der Waals surface area contributed by atoms with Crippen LogP contribution in [0, 0.1) is 11.3 Å². The summed E-state index contributed by atoms with van der Waals surface area (Å²) in [6, 6.07) is 4.23. The van der Waals surface area contributed by atoms with Gasteiger partial charge in [-0.15, -0.1) is 0 Å². The summed E-state index contributed by atoms with van der Waals surface area (Å²) < 4.78 is 12.1. The fraction of sp³-hybridized carbons (Fsp3) is 0.649. The summed E-state index contributed by atoms with van der Waals surface area (Å²) in [5, 5.41) is 24.2. The molecule has 13 nitrogen and oxygen atoms in total. The first kappa shape index (κ1) is 37.1. The van der Waals surface area contributed by atoms with E-state index in [2.05, 4.69) is 26.3 Å². The number of nitrogens with one attached hydrogen (secondary N) is 4. The number of hydrogen-bond donors (Lipinski definition) is 5. The summed E-state index contributed by atoms with van der Waals surface area (Å²) >= 11 is 0. The lowest BCUT2D eigenvalue weighted by atomic mass is 9.85. The van der Waals surface area contributed by atoms with Crippen LogP contribution in [-0.4, -0.2) is 93.8 Å². The predicted octanol–water partition coefficient (Wildman–Crippen LogP) is 3.42. The largest absolute Gasteiger partial charge is 0.494 e. The van der Waals surface area contributed by atoms with E-state index in [1.54, 1.807) is 6.20 Å². The first-order valence-corrected chi connectivity index (χ1v) is 17.9. The van der Waals surface area contributed by atoms with Crippen molar-refractivity contribution >= 4 is 34.5 Å². The molecule has 1 unspecified atom stereocenters. The molecular formula is C37H54N6O7. The van der Waals surface area contributed by atoms with Gasteiger partial charge in [-0.05, 0) is 87.9 Å². The number of likely N-dealkylation sites (tertiary alicyclic amines) is 1. The molecule has 1 aliphatic heterocycles. The van der Waals surface area contributed by atoms with Crippen LogP contribution in [0.15, 0.2) is 30.5 Å². The molecule has 5 atom stereocenters. The van der Waals surface area contributed by atoms with Crippen LogP contribution < -0.4 is 30.7 Å². The highest BCUT2D eigenvalue weighted by Gasteiger charge is 2.47. The summed E-state index contributed by atoms with van der Waals surface area (Å²) in [6.07, 6.45) is 3.85. The van der Waals surface area contributed by atoms with Gasteiger partial charge in [-0.3, -0.25) is 14.4 Å². The molecule has 1 aromatic heterocycles. The number of ether oxygens (including phenoxy) is 2. The minimum Gasteiger partial charge on any atom is -0.494 e. The number of carbonyl (C=O) groups excluding carboxylic acids is 4. The number of nitrogens with zero attached hydrogens (tertiary/aromatic N) is 2. The maximum atomic E-state index is 14.5. The van der Waals surface area contributed by atoms with Crippen molar-refractivity contribution in [2.24, 2.45) is 11.3 Å². The molecule has 2 heterocycles. The predicted molar refractivity (Wildman–Crippen MR) is 189 cm³/mol. The quantitative estimate of drug-likeness (QED) is 0.212. The molecule has 5 amide bonds. The Morgan fingerprint density at radius 1 is 1.02 bits per heavy atom. The molecule has 5 N–H and O–H groups in total. The average Bonchev–Trinajstić information content (AvgIpc) is 3.97. The minimum absolute atomic E-state index is 0.0547. The fourth-order valence-corrected chi connectivity index (χ4v) is 6.29. The molecule has 3 aliphatic rings. The van der Waals surface area contributed by atoms with Crippen LogP contribution in [-0.2, 0) is 14.4 Å². The molecule has 2 saturated carbocycles. The third-order valence-electron chi connectivity index (χ3n) is 9.20. The Morgan fingerprint density at radius 3 is 2.36 bits per heavy atom. The van der Waals surface area contributed by atoms with Gasteiger partial charge >= 0.3 is 6.03 Å². The van der Waals surface area contributed by atoms with Gasteiger partial charge in [-0.2, -0.15) is 0 Å². The van der Waals surface area contributed by atoms with Gasteiger partial charge < -0.3 is 40.7 Å². The third-order valence-corrected chi connectivity index (χ3v) is 9.20. The van der Waals surface area contributed by atoms with Gasteiger partial charge in [-0.1, -0.05) is 33.6 Å². The van der Waals surface area contributed by atoms with Gasteiger partial charge in [0.1, 0.15) is 23.9 Å². The van der Waals surface area contributed by atoms with E-state index in [1.165, 1.54) is 4.90 Å². The molecule has 50 heavy (non-hydrogen) atoms. The number of benzene rings is 1. The van der Waals surface area contributed by atoms with Crippen LogP contribution >= 0.6 is 0 Å². The molecule has 3 fully saturated rings. The van der Waals surface area contributed by atoms with Crippen molar-refractivity contribution in [1.29, 1.82) is 0 Å². The van der Waals surface area contributed by atoms with Gasteiger partial charge in [-0.25, -0.2) is 9.78 Å². The van der Waals surface area contributed by atoms with E-state index in [1.807, 2.05) is 72.7 Å². The summed E-state index contributed by atoms with van der Waals surface area (Å²) in [7, 11) is 0. The van der Waals surface area contributed by atoms with Crippen molar-refractivity contribution in [3.63, 3.8) is 0 Å². The van der Waals surface area contributed by atoms with Gasteiger partial charge in [0.05, 0.1) is 19.2 Å². The number of aliphatic hydroxyl groups is 1. The standard InChI is InChI=1S/C37H54N6O7/c1-8-49-24-13-14-26-22(18-24)15-16-38-33(26)50-25-19-28(31(45)40-27(17-21-9-10-21)29(44)32(46)39-23-11-12-23)43(20-25)34(47)30(36(2,3)4)41-35(48)42-37(5,6)7/h13-16,18,21,23,25,27-30,44H,8-12,17,19-20H2,1-7H3,(H,39,46)(H,40,45)(H2,41,42,48)/t25-,27+,28+,29?,30-/m1/s1. The highest BCUT2D eigenvalue weighted by atomic mass is 16.5. The van der Waals surface area contributed by atoms with Crippen molar-refractivity contribution < 1.29 is 33.8 Å². The topological polar surface area (TPSA) is 171 Å². The van der Waals surface area contributed by atoms with Crippen LogP contribution in [0.2, 0.25) is 0 Å². The average molecular weight is 695 g/mol. The van der Waals surface area contributed by atoms with E-state index in [9.17, 15) is 24.3 Å². The number of urea groups is 1. The molecule has 274 valence electrons. The molecule has 0 radical (unpaired) electrons. The second-order valence-electron chi connectivity index (χ2n) is 16.1. The van der Waals surface area contributed by atoms with Gasteiger partial charge in [0.2, 0.25) is 17.7 Å². The maximum Gasteiger partial charge on any atom is 0.315 e. The second-order valence-corrected chi connectivity index (χ2v) is 16.1. The number of fused-ring (bicyclic) bond motifs is 1. The van der Waals surface area contributed by atoms with Crippen LogP contribution in [0.4, 0.5) is 4.79 Å². The van der Waals surface area contributed by atoms with Crippen molar-refractivity contribution in [3.05, 3.63) is 30.5 Å². The Balaban J connectivity index is 1.41. The normalized spacial score (nSPS) is 21.2. The Hall–Kier alpha value is -4.13. The summed E-state index contributed by atoms with van der Waals surface area (Å²) in [5.41, 5.74) is -1.25. The molecule has 0 bridgehead atoms. The number of rotatable bonds is 13. The first-order valence-electron chi connectivity index (χ1n) is 17.9. The lowest BCUT2D eigenvalue weighted by Crippen LogP contribution is -2.61. The minimum atomic E-state index is -1.43. The lowest BCUT2D eigenvalue weighted by Gasteiger charge is -2.36. The van der Waals surface area contributed by atoms with Gasteiger partial charge in [0.15, 0.2) is 6.10 Å². The number of hydrogen-bond acceptors (Lipinski definition) is 8. The van der Waals surface area contributed by atoms with Crippen molar-refractivity contribution in [1.82, 2.24) is 31.2 Å². The first-order chi connectivity index (χ1) is 23.5. The Morgan fingerprint density at radius 2 is 1.74 bits per heavy atom. The SMILES string of the molecule is CCOc1ccc2c(O[C@@H]3C[C@@H](C(=O)N[C@@H](CC4CC4)C(O)C(=O)NC4CC4)N(C(=O)[C@@H](NC(=O)NC(C)(C)C)C(C)(C)C)C3)nccc2c1. The smallest absolute Gasteiger partial charge is 0.315 e. The molecule has 1 saturated heterocycles. The van der Waals surface area contributed by atoms with Crippen LogP contribution in [0.1, 0.15) is 87.0 Å². The van der Waals surface area contributed by atoms with E-state index in [-0.39, 0.29) is 19.0 Å². The lowest BCUT2D eigenvalue weighted by molar-refractivity contribution is -0.143. The zero-order chi connectivity index (χ0) is 36.4. The Labute approximate surface area is 294 Å². The molecule has 2 aliphatic carbocycles. The Bertz CT molecular complexity index is 1560. The van der Waals surface area contributed by atoms with Crippen LogP contribution in [0.25, 0.3) is 10.8 Å². The third kappa shape index (κ3) is 9.76. The number of aliphatic hydroxyl groups excluding tert-OH is 1. The summed E-state index contributed by atoms with van der Waals surface area (Å²) in [6.45, 7) is 13.6. The van der Waals surface area contributed by atoms with Crippen molar-refractivity contribution in [2.45, 2.75) is 129 Å². The van der Waals surface area contributed by atoms with E-state index in [0.29, 0.717) is 24.8 Å². The van der Waals surface area contributed by atoms with E-state index in [0.717, 1.165) is 42.2 Å². The molecular weight excluding hydrogens is 640 g/mol. The Kier molecular flexibility index (Phi) is 11.1. The van der Waals surface area contributed by atoms with Gasteiger partial charge in [0.25, 0.3) is 5.91 Å². The molecule has 5 rings (SSSR count). The molecule has 1 aromatic carbocycles. The second kappa shape index (κ2) is 15.0. The highest BCUT2D eigenvalue weighted by molar-refractivity contribution is 5.94. The van der Waals surface area contributed by atoms with Gasteiger partial charge in [0, 0.05) is 29.6 Å². The zero-order valence-corrected chi connectivity index (χ0v) is 30.4. The van der Waals surface area contributed by atoms with Crippen LogP contribution in [0.3, 0.4) is 0 Å². The fourth-order valence-electron chi connectivity index (χ4n) is 6.29. The number of pyridine rings is 1. The summed E-state index contributed by atoms with van der Waals surface area (Å²) in [4.78, 5) is 60.5. The van der Waals surface area contributed by atoms with E-state index >= 15 is 0 Å². The van der Waals surface area contributed by atoms with E-state index < -0.39 is 65.0 Å². The monoisotopic (exact) mass is 694 g/mol. The van der Waals surface area contributed by atoms with Crippen molar-refractivity contribution in [3.8, 4) is 11.6 Å².